The minimum absolute atomic E-state index is 0.270. The molecule has 82 valence electrons. The van der Waals surface area contributed by atoms with Crippen molar-refractivity contribution in [3.05, 3.63) is 0 Å². The van der Waals surface area contributed by atoms with Crippen molar-refractivity contribution in [3.8, 4) is 0 Å². The number of hydrogen-bond acceptors (Lipinski definition) is 3. The summed E-state index contributed by atoms with van der Waals surface area (Å²) < 4.78 is 11.2. The third-order valence-corrected chi connectivity index (χ3v) is 3.32. The van der Waals surface area contributed by atoms with Gasteiger partial charge in [-0.2, -0.15) is 0 Å². The van der Waals surface area contributed by atoms with Gasteiger partial charge < -0.3 is 15.2 Å². The number of rotatable bonds is 3. The molecule has 0 radical (unpaired) electrons. The molecule has 1 aliphatic heterocycles. The van der Waals surface area contributed by atoms with Crippen LogP contribution in [0.1, 0.15) is 32.1 Å². The normalized spacial score (nSPS) is 38.8. The van der Waals surface area contributed by atoms with Gasteiger partial charge in [-0.1, -0.05) is 12.8 Å². The van der Waals surface area contributed by atoms with E-state index < -0.39 is 0 Å². The summed E-state index contributed by atoms with van der Waals surface area (Å²) in [7, 11) is 0. The summed E-state index contributed by atoms with van der Waals surface area (Å²) in [6.07, 6.45) is 6.29. The largest absolute Gasteiger partial charge is 0.381 e. The van der Waals surface area contributed by atoms with Crippen LogP contribution in [-0.4, -0.2) is 32.0 Å². The average molecular weight is 199 g/mol. The molecular formula is C11H21NO2. The maximum Gasteiger partial charge on any atom is 0.0726 e. The van der Waals surface area contributed by atoms with Gasteiger partial charge in [-0.05, 0) is 19.3 Å². The summed E-state index contributed by atoms with van der Waals surface area (Å²) in [5.41, 5.74) is 6.01. The molecule has 2 aliphatic rings. The Labute approximate surface area is 85.9 Å². The Balaban J connectivity index is 1.67. The van der Waals surface area contributed by atoms with Crippen LogP contribution in [0.3, 0.4) is 0 Å². The van der Waals surface area contributed by atoms with Crippen molar-refractivity contribution >= 4 is 0 Å². The van der Waals surface area contributed by atoms with Crippen LogP contribution in [0.15, 0.2) is 0 Å². The second-order valence-corrected chi connectivity index (χ2v) is 4.55. The lowest BCUT2D eigenvalue weighted by molar-refractivity contribution is -0.00517. The van der Waals surface area contributed by atoms with Gasteiger partial charge in [-0.3, -0.25) is 0 Å². The highest BCUT2D eigenvalue weighted by Crippen LogP contribution is 2.21. The van der Waals surface area contributed by atoms with Crippen molar-refractivity contribution in [3.63, 3.8) is 0 Å². The molecule has 3 unspecified atom stereocenters. The molecule has 3 nitrogen and oxygen atoms in total. The Morgan fingerprint density at radius 1 is 1.21 bits per heavy atom. The quantitative estimate of drug-likeness (QED) is 0.745. The number of hydrogen-bond donors (Lipinski definition) is 1. The van der Waals surface area contributed by atoms with Gasteiger partial charge in [-0.25, -0.2) is 0 Å². The molecule has 0 amide bonds. The number of nitrogens with two attached hydrogens (primary N) is 1. The Hall–Kier alpha value is -0.120. The molecule has 0 bridgehead atoms. The summed E-state index contributed by atoms with van der Waals surface area (Å²) >= 11 is 0. The molecule has 0 aromatic heterocycles. The van der Waals surface area contributed by atoms with Crippen molar-refractivity contribution in [2.75, 3.05) is 19.8 Å². The molecule has 3 atom stereocenters. The Morgan fingerprint density at radius 3 is 2.79 bits per heavy atom. The fourth-order valence-electron chi connectivity index (χ4n) is 2.31. The van der Waals surface area contributed by atoms with E-state index in [2.05, 4.69) is 0 Å². The van der Waals surface area contributed by atoms with Crippen LogP contribution < -0.4 is 5.73 Å². The van der Waals surface area contributed by atoms with Crippen molar-refractivity contribution in [1.29, 1.82) is 0 Å². The second kappa shape index (κ2) is 5.10. The van der Waals surface area contributed by atoms with E-state index in [1.807, 2.05) is 0 Å². The minimum Gasteiger partial charge on any atom is -0.381 e. The molecule has 0 aromatic rings. The zero-order valence-electron chi connectivity index (χ0n) is 8.78. The van der Waals surface area contributed by atoms with E-state index in [4.69, 9.17) is 15.2 Å². The van der Waals surface area contributed by atoms with Crippen LogP contribution in [0.5, 0.6) is 0 Å². The van der Waals surface area contributed by atoms with Crippen LogP contribution in [0.25, 0.3) is 0 Å². The lowest BCUT2D eigenvalue weighted by Gasteiger charge is -2.29. The topological polar surface area (TPSA) is 44.5 Å². The van der Waals surface area contributed by atoms with Gasteiger partial charge in [0.15, 0.2) is 0 Å². The monoisotopic (exact) mass is 199 g/mol. The molecule has 2 rings (SSSR count). The molecule has 1 saturated heterocycles. The smallest absolute Gasteiger partial charge is 0.0726 e. The lowest BCUT2D eigenvalue weighted by atomic mass is 9.93. The van der Waals surface area contributed by atoms with Gasteiger partial charge in [0.1, 0.15) is 0 Å². The van der Waals surface area contributed by atoms with E-state index in [9.17, 15) is 0 Å². The molecule has 14 heavy (non-hydrogen) atoms. The molecule has 0 spiro atoms. The fourth-order valence-corrected chi connectivity index (χ4v) is 2.31. The van der Waals surface area contributed by atoms with Gasteiger partial charge in [0.25, 0.3) is 0 Å². The van der Waals surface area contributed by atoms with E-state index >= 15 is 0 Å². The zero-order valence-corrected chi connectivity index (χ0v) is 8.78. The maximum atomic E-state index is 6.01. The van der Waals surface area contributed by atoms with Crippen molar-refractivity contribution < 1.29 is 9.47 Å². The first-order valence-electron chi connectivity index (χ1n) is 5.81. The van der Waals surface area contributed by atoms with Gasteiger partial charge in [0.2, 0.25) is 0 Å². The second-order valence-electron chi connectivity index (χ2n) is 4.55. The van der Waals surface area contributed by atoms with Gasteiger partial charge in [-0.15, -0.1) is 0 Å². The molecule has 1 aliphatic carbocycles. The summed E-state index contributed by atoms with van der Waals surface area (Å²) in [5.74, 6) is 0.615. The Kier molecular flexibility index (Phi) is 3.79. The first-order chi connectivity index (χ1) is 6.86. The Bertz CT molecular complexity index is 169. The summed E-state index contributed by atoms with van der Waals surface area (Å²) in [6, 6.07) is 0.270. The van der Waals surface area contributed by atoms with Crippen molar-refractivity contribution in [1.82, 2.24) is 0 Å². The summed E-state index contributed by atoms with van der Waals surface area (Å²) in [6.45, 7) is 2.63. The summed E-state index contributed by atoms with van der Waals surface area (Å²) in [4.78, 5) is 0. The molecule has 2 N–H and O–H groups in total. The van der Waals surface area contributed by atoms with E-state index in [-0.39, 0.29) is 6.04 Å². The van der Waals surface area contributed by atoms with E-state index in [0.717, 1.165) is 39.1 Å². The van der Waals surface area contributed by atoms with Crippen LogP contribution in [-0.2, 0) is 9.47 Å². The molecule has 1 saturated carbocycles. The predicted octanol–water partition coefficient (Wildman–Crippen LogP) is 1.31. The number of ether oxygens (including phenoxy) is 2. The first-order valence-corrected chi connectivity index (χ1v) is 5.81. The summed E-state index contributed by atoms with van der Waals surface area (Å²) in [5, 5.41) is 0. The zero-order chi connectivity index (χ0) is 9.80. The van der Waals surface area contributed by atoms with E-state index in [1.165, 1.54) is 12.8 Å². The molecule has 0 aromatic carbocycles. The lowest BCUT2D eigenvalue weighted by Crippen LogP contribution is -2.40. The van der Waals surface area contributed by atoms with Crippen LogP contribution in [0.4, 0.5) is 0 Å². The third kappa shape index (κ3) is 2.69. The highest BCUT2D eigenvalue weighted by atomic mass is 16.5. The van der Waals surface area contributed by atoms with Gasteiger partial charge >= 0.3 is 0 Å². The highest BCUT2D eigenvalue weighted by Gasteiger charge is 2.24. The third-order valence-electron chi connectivity index (χ3n) is 3.32. The molecule has 3 heteroatoms. The van der Waals surface area contributed by atoms with Crippen molar-refractivity contribution in [2.45, 2.75) is 44.2 Å². The standard InChI is InChI=1S/C11H21NO2/c12-10-3-1-2-4-11(10)14-8-9-5-6-13-7-9/h9-11H,1-8,12H2. The van der Waals surface area contributed by atoms with Crippen LogP contribution >= 0.6 is 0 Å². The Morgan fingerprint density at radius 2 is 2.07 bits per heavy atom. The average Bonchev–Trinajstić information content (AvgIpc) is 2.69. The molecule has 1 heterocycles. The van der Waals surface area contributed by atoms with E-state index in [0.29, 0.717) is 12.0 Å². The fraction of sp³-hybridized carbons (Fsp3) is 1.00. The van der Waals surface area contributed by atoms with E-state index in [1.54, 1.807) is 0 Å². The maximum absolute atomic E-state index is 6.01. The van der Waals surface area contributed by atoms with Crippen LogP contribution in [0.2, 0.25) is 0 Å². The van der Waals surface area contributed by atoms with Gasteiger partial charge in [0.05, 0.1) is 19.3 Å². The first kappa shape index (κ1) is 10.4. The van der Waals surface area contributed by atoms with Crippen molar-refractivity contribution in [2.24, 2.45) is 11.7 Å². The molecular weight excluding hydrogens is 178 g/mol. The molecule has 2 fully saturated rings. The highest BCUT2D eigenvalue weighted by molar-refractivity contribution is 4.79. The van der Waals surface area contributed by atoms with Gasteiger partial charge in [0, 0.05) is 18.6 Å². The van der Waals surface area contributed by atoms with Crippen LogP contribution in [0, 0.1) is 5.92 Å². The SMILES string of the molecule is NC1CCCCC1OCC1CCOC1. The predicted molar refractivity (Wildman–Crippen MR) is 55.1 cm³/mol. The minimum atomic E-state index is 0.270.